The fourth-order valence-electron chi connectivity index (χ4n) is 4.54. The third-order valence-electron chi connectivity index (χ3n) is 6.03. The Morgan fingerprint density at radius 1 is 1.13 bits per heavy atom. The molecule has 4 N–H and O–H groups in total. The van der Waals surface area contributed by atoms with Gasteiger partial charge in [0.25, 0.3) is 5.91 Å². The molecule has 0 unspecified atom stereocenters. The predicted molar refractivity (Wildman–Crippen MR) is 122 cm³/mol. The van der Waals surface area contributed by atoms with Crippen molar-refractivity contribution in [2.24, 2.45) is 0 Å². The highest BCUT2D eigenvalue weighted by Crippen LogP contribution is 2.39. The Kier molecular flexibility index (Phi) is 3.89. The van der Waals surface area contributed by atoms with Crippen LogP contribution in [0.4, 0.5) is 17.3 Å². The molecular weight excluding hydrogens is 390 g/mol. The van der Waals surface area contributed by atoms with Gasteiger partial charge in [0, 0.05) is 17.4 Å². The summed E-state index contributed by atoms with van der Waals surface area (Å²) in [5.74, 6) is 1.18. The van der Waals surface area contributed by atoms with Crippen LogP contribution < -0.4 is 15.4 Å². The number of fused-ring (bicyclic) bond motifs is 4. The largest absolute Gasteiger partial charge is 0.495 e. The molecule has 2 aliphatic rings. The minimum absolute atomic E-state index is 0.157. The zero-order valence-electron chi connectivity index (χ0n) is 17.0. The zero-order chi connectivity index (χ0) is 20.9. The molecule has 0 saturated heterocycles. The number of nitrogens with one attached hydrogen (secondary N) is 4. The lowest BCUT2D eigenvalue weighted by Crippen LogP contribution is -2.03. The first-order valence-electron chi connectivity index (χ1n) is 10.4. The number of ether oxygens (including phenoxy) is 1. The highest BCUT2D eigenvalue weighted by molar-refractivity contribution is 6.37. The van der Waals surface area contributed by atoms with Crippen LogP contribution in [0.5, 0.6) is 5.75 Å². The molecule has 0 spiro atoms. The van der Waals surface area contributed by atoms with Crippen molar-refractivity contribution in [1.29, 1.82) is 0 Å². The van der Waals surface area contributed by atoms with Gasteiger partial charge in [0.15, 0.2) is 0 Å². The molecule has 2 aromatic heterocycles. The standard InChI is InChI=1S/C24H21N5O2/c1-31-20-9-10-25-19(20)12-16-21-17(27-23(16)30)7-8-18-22(21)29-24(28-18)26-15-6-5-13-3-2-4-14(13)11-15/h5-12,25H,2-4H2,1H3,(H,27,30)(H2,26,28,29)/b16-12-. The van der Waals surface area contributed by atoms with Gasteiger partial charge < -0.3 is 25.3 Å². The molecular formula is C24H21N5O2. The number of rotatable bonds is 4. The minimum atomic E-state index is -0.157. The summed E-state index contributed by atoms with van der Waals surface area (Å²) in [5, 5.41) is 6.33. The number of anilines is 3. The quantitative estimate of drug-likeness (QED) is 0.369. The first-order valence-corrected chi connectivity index (χ1v) is 10.4. The van der Waals surface area contributed by atoms with E-state index >= 15 is 0 Å². The van der Waals surface area contributed by atoms with Gasteiger partial charge in [-0.25, -0.2) is 4.98 Å². The number of carbonyl (C=O) groups is 1. The maximum Gasteiger partial charge on any atom is 0.256 e. The maximum atomic E-state index is 12.7. The molecule has 0 fully saturated rings. The van der Waals surface area contributed by atoms with Gasteiger partial charge in [0.05, 0.1) is 29.6 Å². The summed E-state index contributed by atoms with van der Waals surface area (Å²) in [6.07, 6.45) is 7.10. The number of hydrogen-bond acceptors (Lipinski definition) is 4. The lowest BCUT2D eigenvalue weighted by Gasteiger charge is -2.05. The van der Waals surface area contributed by atoms with E-state index in [4.69, 9.17) is 9.72 Å². The minimum Gasteiger partial charge on any atom is -0.495 e. The van der Waals surface area contributed by atoms with Crippen LogP contribution >= 0.6 is 0 Å². The molecule has 1 aliphatic carbocycles. The molecule has 0 radical (unpaired) electrons. The topological polar surface area (TPSA) is 94.8 Å². The van der Waals surface area contributed by atoms with Crippen molar-refractivity contribution >= 4 is 45.9 Å². The Morgan fingerprint density at radius 3 is 2.94 bits per heavy atom. The van der Waals surface area contributed by atoms with Crippen LogP contribution in [0, 0.1) is 0 Å². The molecule has 6 rings (SSSR count). The molecule has 3 heterocycles. The van der Waals surface area contributed by atoms with E-state index in [0.717, 1.165) is 46.5 Å². The highest BCUT2D eigenvalue weighted by atomic mass is 16.5. The van der Waals surface area contributed by atoms with E-state index in [1.807, 2.05) is 24.3 Å². The summed E-state index contributed by atoms with van der Waals surface area (Å²) >= 11 is 0. The lowest BCUT2D eigenvalue weighted by atomic mass is 10.0. The van der Waals surface area contributed by atoms with Crippen LogP contribution in [-0.4, -0.2) is 28.0 Å². The monoisotopic (exact) mass is 411 g/mol. The van der Waals surface area contributed by atoms with Gasteiger partial charge in [-0.05, 0) is 66.8 Å². The van der Waals surface area contributed by atoms with Gasteiger partial charge in [-0.2, -0.15) is 0 Å². The average molecular weight is 411 g/mol. The number of amides is 1. The number of aromatic nitrogens is 3. The molecule has 0 saturated carbocycles. The number of carbonyl (C=O) groups excluding carboxylic acids is 1. The molecule has 1 aliphatic heterocycles. The van der Waals surface area contributed by atoms with E-state index < -0.39 is 0 Å². The van der Waals surface area contributed by atoms with E-state index in [1.165, 1.54) is 17.5 Å². The molecule has 31 heavy (non-hydrogen) atoms. The van der Waals surface area contributed by atoms with Gasteiger partial charge in [0.1, 0.15) is 11.3 Å². The zero-order valence-corrected chi connectivity index (χ0v) is 17.0. The summed E-state index contributed by atoms with van der Waals surface area (Å²) in [6.45, 7) is 0. The molecule has 0 atom stereocenters. The second-order valence-corrected chi connectivity index (χ2v) is 7.90. The Bertz CT molecular complexity index is 1380. The molecule has 1 amide bonds. The first kappa shape index (κ1) is 17.8. The van der Waals surface area contributed by atoms with E-state index in [0.29, 0.717) is 17.3 Å². The number of benzene rings is 2. The van der Waals surface area contributed by atoms with Crippen molar-refractivity contribution in [2.45, 2.75) is 19.3 Å². The normalized spacial score (nSPS) is 15.9. The number of methoxy groups -OCH3 is 1. The third-order valence-corrected chi connectivity index (χ3v) is 6.03. The van der Waals surface area contributed by atoms with E-state index in [1.54, 1.807) is 13.3 Å². The number of nitrogens with zero attached hydrogens (tertiary/aromatic N) is 1. The average Bonchev–Trinajstić information content (AvgIpc) is 3.54. The van der Waals surface area contributed by atoms with Gasteiger partial charge in [0.2, 0.25) is 5.95 Å². The fraction of sp³-hybridized carbons (Fsp3) is 0.167. The summed E-state index contributed by atoms with van der Waals surface area (Å²) in [7, 11) is 1.61. The Morgan fingerprint density at radius 2 is 2.03 bits per heavy atom. The highest BCUT2D eigenvalue weighted by Gasteiger charge is 2.28. The van der Waals surface area contributed by atoms with Gasteiger partial charge >= 0.3 is 0 Å². The number of H-pyrrole nitrogens is 2. The summed E-state index contributed by atoms with van der Waals surface area (Å²) in [6, 6.07) is 12.2. The fourth-order valence-corrected chi connectivity index (χ4v) is 4.54. The smallest absolute Gasteiger partial charge is 0.256 e. The number of imidazole rings is 1. The van der Waals surface area contributed by atoms with Gasteiger partial charge in [-0.3, -0.25) is 4.79 Å². The molecule has 0 bridgehead atoms. The molecule has 4 aromatic rings. The van der Waals surface area contributed by atoms with Crippen LogP contribution in [0.3, 0.4) is 0 Å². The van der Waals surface area contributed by atoms with Crippen LogP contribution in [0.15, 0.2) is 42.6 Å². The summed E-state index contributed by atoms with van der Waals surface area (Å²) < 4.78 is 5.37. The summed E-state index contributed by atoms with van der Waals surface area (Å²) in [5.41, 5.74) is 8.30. The van der Waals surface area contributed by atoms with Crippen LogP contribution in [0.25, 0.3) is 22.7 Å². The van der Waals surface area contributed by atoms with Crippen LogP contribution in [0.1, 0.15) is 28.8 Å². The molecule has 7 heteroatoms. The first-order chi connectivity index (χ1) is 15.2. The van der Waals surface area contributed by atoms with Crippen molar-refractivity contribution in [2.75, 3.05) is 17.7 Å². The third kappa shape index (κ3) is 2.89. The van der Waals surface area contributed by atoms with Crippen molar-refractivity contribution in [3.8, 4) is 5.75 Å². The van der Waals surface area contributed by atoms with Crippen LogP contribution in [0.2, 0.25) is 0 Å². The lowest BCUT2D eigenvalue weighted by molar-refractivity contribution is -0.110. The Labute approximate surface area is 178 Å². The number of aryl methyl sites for hydroxylation is 2. The van der Waals surface area contributed by atoms with Crippen molar-refractivity contribution in [3.63, 3.8) is 0 Å². The van der Waals surface area contributed by atoms with E-state index in [2.05, 4.69) is 38.8 Å². The molecule has 2 aromatic carbocycles. The predicted octanol–water partition coefficient (Wildman–Crippen LogP) is 4.62. The Hall–Kier alpha value is -4.00. The van der Waals surface area contributed by atoms with E-state index in [9.17, 15) is 4.79 Å². The van der Waals surface area contributed by atoms with E-state index in [-0.39, 0.29) is 5.91 Å². The SMILES string of the molecule is COc1cc[nH]c1/C=C1\C(=O)Nc2ccc3[nH]c(Nc4ccc5c(c4)CCC5)nc3c21. The van der Waals surface area contributed by atoms with Crippen molar-refractivity contribution < 1.29 is 9.53 Å². The maximum absolute atomic E-state index is 12.7. The number of aromatic amines is 2. The summed E-state index contributed by atoms with van der Waals surface area (Å²) in [4.78, 5) is 24.0. The van der Waals surface area contributed by atoms with Gasteiger partial charge in [-0.1, -0.05) is 6.07 Å². The van der Waals surface area contributed by atoms with Gasteiger partial charge in [-0.15, -0.1) is 0 Å². The van der Waals surface area contributed by atoms with Crippen molar-refractivity contribution in [3.05, 3.63) is 65.0 Å². The Balaban J connectivity index is 1.41. The second kappa shape index (κ2) is 6.77. The second-order valence-electron chi connectivity index (χ2n) is 7.90. The molecule has 7 nitrogen and oxygen atoms in total. The van der Waals surface area contributed by atoms with Crippen molar-refractivity contribution in [1.82, 2.24) is 15.0 Å². The molecule has 154 valence electrons. The number of hydrogen-bond donors (Lipinski definition) is 4. The van der Waals surface area contributed by atoms with Crippen LogP contribution in [-0.2, 0) is 17.6 Å².